The fourth-order valence-corrected chi connectivity index (χ4v) is 4.35. The van der Waals surface area contributed by atoms with Crippen molar-refractivity contribution in [3.63, 3.8) is 0 Å². The Morgan fingerprint density at radius 1 is 1.00 bits per heavy atom. The maximum Gasteiger partial charge on any atom is 0.419 e. The summed E-state index contributed by atoms with van der Waals surface area (Å²) in [6.45, 7) is 2.02. The van der Waals surface area contributed by atoms with E-state index in [1.54, 1.807) is 0 Å². The van der Waals surface area contributed by atoms with Crippen LogP contribution in [-0.4, -0.2) is 42.1 Å². The standard InChI is InChI=1S/C25H27F4N5O/c1-14-4-11-21-18(12-14)22(34(2)3)33-24(32-21)31-17-8-6-16(7-9-17)30-23(35)15-5-10-20(26)19(13-15)25(27,28)29/h4-5,10-13,16-17H,6-9H2,1-3H3,(H,30,35)(H,31,32,33)/t16-,17+. The molecule has 1 aromatic heterocycles. The number of rotatable bonds is 5. The Morgan fingerprint density at radius 2 is 1.69 bits per heavy atom. The molecule has 3 aromatic rings. The Morgan fingerprint density at radius 3 is 2.34 bits per heavy atom. The monoisotopic (exact) mass is 489 g/mol. The quantitative estimate of drug-likeness (QED) is 0.475. The molecule has 0 radical (unpaired) electrons. The molecule has 0 atom stereocenters. The van der Waals surface area contributed by atoms with Crippen LogP contribution in [0.3, 0.4) is 0 Å². The van der Waals surface area contributed by atoms with Gasteiger partial charge in [0.25, 0.3) is 5.91 Å². The smallest absolute Gasteiger partial charge is 0.362 e. The number of nitrogens with zero attached hydrogens (tertiary/aromatic N) is 3. The number of aromatic nitrogens is 2. The van der Waals surface area contributed by atoms with Crippen LogP contribution < -0.4 is 15.5 Å². The third kappa shape index (κ3) is 5.63. The highest BCUT2D eigenvalue weighted by atomic mass is 19.4. The lowest BCUT2D eigenvalue weighted by molar-refractivity contribution is -0.140. The van der Waals surface area contributed by atoms with Gasteiger partial charge in [-0.25, -0.2) is 9.37 Å². The van der Waals surface area contributed by atoms with Crippen molar-refractivity contribution >= 4 is 28.6 Å². The zero-order valence-electron chi connectivity index (χ0n) is 19.7. The first kappa shape index (κ1) is 24.7. The molecule has 2 N–H and O–H groups in total. The van der Waals surface area contributed by atoms with Crippen molar-refractivity contribution in [2.45, 2.75) is 50.9 Å². The number of benzene rings is 2. The first-order valence-electron chi connectivity index (χ1n) is 11.4. The minimum absolute atomic E-state index is 0.101. The zero-order valence-corrected chi connectivity index (χ0v) is 19.7. The van der Waals surface area contributed by atoms with E-state index in [0.29, 0.717) is 30.9 Å². The van der Waals surface area contributed by atoms with E-state index in [1.807, 2.05) is 38.1 Å². The van der Waals surface area contributed by atoms with Gasteiger partial charge in [-0.3, -0.25) is 4.79 Å². The molecule has 1 saturated carbocycles. The molecule has 1 aliphatic rings. The van der Waals surface area contributed by atoms with Crippen molar-refractivity contribution in [3.05, 3.63) is 58.9 Å². The van der Waals surface area contributed by atoms with E-state index in [2.05, 4.69) is 26.7 Å². The lowest BCUT2D eigenvalue weighted by Gasteiger charge is -2.30. The number of carbonyl (C=O) groups excluding carboxylic acids is 1. The lowest BCUT2D eigenvalue weighted by atomic mass is 9.91. The van der Waals surface area contributed by atoms with Crippen LogP contribution in [0.2, 0.25) is 0 Å². The maximum absolute atomic E-state index is 13.5. The molecule has 6 nitrogen and oxygen atoms in total. The molecule has 10 heteroatoms. The van der Waals surface area contributed by atoms with E-state index in [4.69, 9.17) is 0 Å². The summed E-state index contributed by atoms with van der Waals surface area (Å²) >= 11 is 0. The Balaban J connectivity index is 1.39. The van der Waals surface area contributed by atoms with E-state index in [9.17, 15) is 22.4 Å². The average Bonchev–Trinajstić information content (AvgIpc) is 2.79. The van der Waals surface area contributed by atoms with E-state index in [1.165, 1.54) is 0 Å². The largest absolute Gasteiger partial charge is 0.419 e. The summed E-state index contributed by atoms with van der Waals surface area (Å²) in [4.78, 5) is 23.8. The van der Waals surface area contributed by atoms with Gasteiger partial charge in [-0.1, -0.05) is 11.6 Å². The summed E-state index contributed by atoms with van der Waals surface area (Å²) < 4.78 is 52.4. The molecule has 4 rings (SSSR count). The van der Waals surface area contributed by atoms with Crippen molar-refractivity contribution in [1.29, 1.82) is 0 Å². The van der Waals surface area contributed by atoms with Crippen molar-refractivity contribution in [2.24, 2.45) is 0 Å². The number of nitrogens with one attached hydrogen (secondary N) is 2. The minimum Gasteiger partial charge on any atom is -0.362 e. The van der Waals surface area contributed by atoms with E-state index < -0.39 is 23.5 Å². The van der Waals surface area contributed by atoms with Gasteiger partial charge in [0.2, 0.25) is 5.95 Å². The van der Waals surface area contributed by atoms with Gasteiger partial charge in [0.1, 0.15) is 11.6 Å². The number of fused-ring (bicyclic) bond motifs is 1. The first-order chi connectivity index (χ1) is 16.5. The molecule has 0 unspecified atom stereocenters. The lowest BCUT2D eigenvalue weighted by Crippen LogP contribution is -2.40. The molecule has 35 heavy (non-hydrogen) atoms. The second-order valence-corrected chi connectivity index (χ2v) is 9.14. The average molecular weight is 490 g/mol. The predicted octanol–water partition coefficient (Wildman–Crippen LogP) is 5.32. The fraction of sp³-hybridized carbons (Fsp3) is 0.400. The highest BCUT2D eigenvalue weighted by Crippen LogP contribution is 2.32. The van der Waals surface area contributed by atoms with Crippen LogP contribution in [0.1, 0.15) is 47.2 Å². The van der Waals surface area contributed by atoms with Crippen LogP contribution in [-0.2, 0) is 6.18 Å². The SMILES string of the molecule is Cc1ccc2nc(N[C@H]3CC[C@@H](NC(=O)c4ccc(F)c(C(F)(F)F)c4)CC3)nc(N(C)C)c2c1. The summed E-state index contributed by atoms with van der Waals surface area (Å²) in [7, 11) is 3.86. The molecule has 186 valence electrons. The van der Waals surface area contributed by atoms with Gasteiger partial charge in [-0.2, -0.15) is 18.2 Å². The van der Waals surface area contributed by atoms with Crippen LogP contribution in [0, 0.1) is 12.7 Å². The predicted molar refractivity (Wildman–Crippen MR) is 127 cm³/mol. The molecular formula is C25H27F4N5O. The van der Waals surface area contributed by atoms with Gasteiger partial charge < -0.3 is 15.5 Å². The topological polar surface area (TPSA) is 70.1 Å². The van der Waals surface area contributed by atoms with Gasteiger partial charge in [0, 0.05) is 37.1 Å². The van der Waals surface area contributed by atoms with Crippen molar-refractivity contribution in [3.8, 4) is 0 Å². The van der Waals surface area contributed by atoms with Crippen LogP contribution >= 0.6 is 0 Å². The van der Waals surface area contributed by atoms with Gasteiger partial charge in [-0.15, -0.1) is 0 Å². The highest BCUT2D eigenvalue weighted by molar-refractivity contribution is 5.94. The molecule has 0 aliphatic heterocycles. The first-order valence-corrected chi connectivity index (χ1v) is 11.4. The van der Waals surface area contributed by atoms with Crippen molar-refractivity contribution in [2.75, 3.05) is 24.3 Å². The molecule has 1 heterocycles. The normalized spacial score (nSPS) is 18.4. The summed E-state index contributed by atoms with van der Waals surface area (Å²) in [5.41, 5.74) is 0.312. The Hall–Kier alpha value is -3.43. The minimum atomic E-state index is -4.86. The second kappa shape index (κ2) is 9.67. The second-order valence-electron chi connectivity index (χ2n) is 9.14. The number of halogens is 4. The van der Waals surface area contributed by atoms with Crippen LogP contribution in [0.15, 0.2) is 36.4 Å². The number of aryl methyl sites for hydroxylation is 1. The van der Waals surface area contributed by atoms with E-state index in [-0.39, 0.29) is 17.6 Å². The number of hydrogen-bond acceptors (Lipinski definition) is 5. The van der Waals surface area contributed by atoms with Crippen molar-refractivity contribution < 1.29 is 22.4 Å². The molecular weight excluding hydrogens is 462 g/mol. The summed E-state index contributed by atoms with van der Waals surface area (Å²) in [5, 5.41) is 7.14. The Bertz CT molecular complexity index is 1240. The number of anilines is 2. The summed E-state index contributed by atoms with van der Waals surface area (Å²) in [5.74, 6) is -0.692. The van der Waals surface area contributed by atoms with Gasteiger partial charge >= 0.3 is 6.18 Å². The third-order valence-electron chi connectivity index (χ3n) is 6.18. The zero-order chi connectivity index (χ0) is 25.3. The number of amides is 1. The Labute approximate surface area is 200 Å². The fourth-order valence-electron chi connectivity index (χ4n) is 4.35. The summed E-state index contributed by atoms with van der Waals surface area (Å²) in [6.07, 6.45) is -2.11. The van der Waals surface area contributed by atoms with Crippen LogP contribution in [0.4, 0.5) is 29.3 Å². The number of carbonyl (C=O) groups is 1. The molecule has 0 saturated heterocycles. The van der Waals surface area contributed by atoms with E-state index in [0.717, 1.165) is 41.2 Å². The van der Waals surface area contributed by atoms with Crippen molar-refractivity contribution in [1.82, 2.24) is 15.3 Å². The molecule has 1 amide bonds. The third-order valence-corrected chi connectivity index (χ3v) is 6.18. The number of hydrogen-bond donors (Lipinski definition) is 2. The maximum atomic E-state index is 13.5. The van der Waals surface area contributed by atoms with Gasteiger partial charge in [0.05, 0.1) is 11.1 Å². The molecule has 1 aliphatic carbocycles. The summed E-state index contributed by atoms with van der Waals surface area (Å²) in [6, 6.07) is 8.24. The Kier molecular flexibility index (Phi) is 6.82. The van der Waals surface area contributed by atoms with Gasteiger partial charge in [-0.05, 0) is 62.9 Å². The van der Waals surface area contributed by atoms with Crippen LogP contribution in [0.25, 0.3) is 10.9 Å². The molecule has 2 aromatic carbocycles. The molecule has 1 fully saturated rings. The number of alkyl halides is 3. The van der Waals surface area contributed by atoms with Gasteiger partial charge in [0.15, 0.2) is 0 Å². The highest BCUT2D eigenvalue weighted by Gasteiger charge is 2.35. The molecule has 0 bridgehead atoms. The molecule has 0 spiro atoms. The van der Waals surface area contributed by atoms with E-state index >= 15 is 0 Å². The van der Waals surface area contributed by atoms with Crippen LogP contribution in [0.5, 0.6) is 0 Å².